The Hall–Kier alpha value is -2.48. The Balaban J connectivity index is 1.54. The van der Waals surface area contributed by atoms with E-state index in [9.17, 15) is 9.59 Å². The van der Waals surface area contributed by atoms with E-state index in [1.54, 1.807) is 6.07 Å². The van der Waals surface area contributed by atoms with Gasteiger partial charge in [-0.2, -0.15) is 0 Å². The number of anilines is 1. The summed E-state index contributed by atoms with van der Waals surface area (Å²) in [6.45, 7) is -0.0980. The molecule has 118 valence electrons. The van der Waals surface area contributed by atoms with Gasteiger partial charge in [-0.25, -0.2) is 4.98 Å². The third kappa shape index (κ3) is 2.55. The van der Waals surface area contributed by atoms with Crippen molar-refractivity contribution in [2.24, 2.45) is 0 Å². The van der Waals surface area contributed by atoms with Gasteiger partial charge in [0.2, 0.25) is 5.91 Å². The molecule has 4 rings (SSSR count). The molecule has 0 fully saturated rings. The van der Waals surface area contributed by atoms with Crippen molar-refractivity contribution in [2.75, 3.05) is 5.32 Å². The van der Waals surface area contributed by atoms with Crippen molar-refractivity contribution in [3.63, 3.8) is 0 Å². The number of hydrogen-bond acceptors (Lipinski definition) is 6. The number of hydrogen-bond donors (Lipinski definition) is 1. The molecule has 0 aliphatic heterocycles. The molecule has 8 heteroatoms. The van der Waals surface area contributed by atoms with Crippen LogP contribution in [0.1, 0.15) is 24.2 Å². The summed E-state index contributed by atoms with van der Waals surface area (Å²) in [6, 6.07) is 1.72. The van der Waals surface area contributed by atoms with E-state index in [0.717, 1.165) is 37.0 Å². The molecule has 0 aromatic carbocycles. The lowest BCUT2D eigenvalue weighted by molar-refractivity contribution is -0.116. The topological polar surface area (TPSA) is 90.0 Å². The molecule has 23 heavy (non-hydrogen) atoms. The lowest BCUT2D eigenvalue weighted by atomic mass is 9.98. The van der Waals surface area contributed by atoms with Crippen molar-refractivity contribution in [3.8, 4) is 0 Å². The molecule has 1 aliphatic carbocycles. The summed E-state index contributed by atoms with van der Waals surface area (Å²) in [7, 11) is 0. The second kappa shape index (κ2) is 5.62. The zero-order valence-electron chi connectivity index (χ0n) is 12.2. The van der Waals surface area contributed by atoms with E-state index in [1.165, 1.54) is 22.2 Å². The van der Waals surface area contributed by atoms with E-state index < -0.39 is 0 Å². The second-order valence-electron chi connectivity index (χ2n) is 5.51. The quantitative estimate of drug-likeness (QED) is 0.793. The van der Waals surface area contributed by atoms with Crippen LogP contribution >= 0.6 is 11.3 Å². The Bertz CT molecular complexity index is 940. The SMILES string of the molecule is O=C(Cn1cnc2sccc2c1=O)Nc1noc2c1CCCC2. The first-order valence-electron chi connectivity index (χ1n) is 7.42. The number of fused-ring (bicyclic) bond motifs is 2. The Morgan fingerprint density at radius 2 is 2.26 bits per heavy atom. The van der Waals surface area contributed by atoms with Gasteiger partial charge >= 0.3 is 0 Å². The highest BCUT2D eigenvalue weighted by molar-refractivity contribution is 7.16. The maximum Gasteiger partial charge on any atom is 0.262 e. The molecular formula is C15H14N4O3S. The van der Waals surface area contributed by atoms with Crippen LogP contribution < -0.4 is 10.9 Å². The van der Waals surface area contributed by atoms with Crippen LogP contribution in [0.3, 0.4) is 0 Å². The molecule has 3 heterocycles. The summed E-state index contributed by atoms with van der Waals surface area (Å²) in [5.74, 6) is 1.01. The van der Waals surface area contributed by atoms with Gasteiger partial charge in [0.05, 0.1) is 11.7 Å². The van der Waals surface area contributed by atoms with Crippen LogP contribution in [-0.4, -0.2) is 20.6 Å². The monoisotopic (exact) mass is 330 g/mol. The van der Waals surface area contributed by atoms with Gasteiger partial charge in [0, 0.05) is 12.0 Å². The Labute approximate surface area is 134 Å². The van der Waals surface area contributed by atoms with Crippen molar-refractivity contribution in [1.29, 1.82) is 0 Å². The fourth-order valence-corrected chi connectivity index (χ4v) is 3.54. The van der Waals surface area contributed by atoms with E-state index in [-0.39, 0.29) is 18.0 Å². The number of nitrogens with zero attached hydrogens (tertiary/aromatic N) is 3. The highest BCUT2D eigenvalue weighted by atomic mass is 32.1. The van der Waals surface area contributed by atoms with E-state index in [0.29, 0.717) is 16.0 Å². The number of carbonyl (C=O) groups is 1. The fourth-order valence-electron chi connectivity index (χ4n) is 2.82. The van der Waals surface area contributed by atoms with E-state index in [1.807, 2.05) is 5.38 Å². The molecule has 0 unspecified atom stereocenters. The van der Waals surface area contributed by atoms with Crippen LogP contribution in [0, 0.1) is 0 Å². The molecule has 0 saturated carbocycles. The van der Waals surface area contributed by atoms with Crippen LogP contribution in [0.25, 0.3) is 10.2 Å². The van der Waals surface area contributed by atoms with Gasteiger partial charge in [0.1, 0.15) is 17.1 Å². The number of aryl methyl sites for hydroxylation is 1. The minimum absolute atomic E-state index is 0.0980. The zero-order chi connectivity index (χ0) is 15.8. The molecular weight excluding hydrogens is 316 g/mol. The van der Waals surface area contributed by atoms with Crippen molar-refractivity contribution >= 4 is 33.3 Å². The minimum Gasteiger partial charge on any atom is -0.359 e. The number of carbonyl (C=O) groups excluding carboxylic acids is 1. The first kappa shape index (κ1) is 14.1. The summed E-state index contributed by atoms with van der Waals surface area (Å²) in [6.07, 6.45) is 5.26. The summed E-state index contributed by atoms with van der Waals surface area (Å²) < 4.78 is 6.57. The van der Waals surface area contributed by atoms with Gasteiger partial charge in [0.25, 0.3) is 5.56 Å². The lowest BCUT2D eigenvalue weighted by Gasteiger charge is -2.10. The van der Waals surface area contributed by atoms with Crippen LogP contribution in [0.4, 0.5) is 5.82 Å². The number of nitrogens with one attached hydrogen (secondary N) is 1. The molecule has 1 aliphatic rings. The van der Waals surface area contributed by atoms with Gasteiger partial charge in [-0.1, -0.05) is 5.16 Å². The zero-order valence-corrected chi connectivity index (χ0v) is 13.1. The fraction of sp³-hybridized carbons (Fsp3) is 0.333. The largest absolute Gasteiger partial charge is 0.359 e. The predicted octanol–water partition coefficient (Wildman–Crippen LogP) is 1.96. The van der Waals surface area contributed by atoms with Crippen molar-refractivity contribution in [3.05, 3.63) is 39.5 Å². The smallest absolute Gasteiger partial charge is 0.262 e. The molecule has 0 radical (unpaired) electrons. The molecule has 3 aromatic rings. The van der Waals surface area contributed by atoms with Gasteiger partial charge in [-0.05, 0) is 30.7 Å². The Kier molecular flexibility index (Phi) is 3.45. The minimum atomic E-state index is -0.315. The standard InChI is InChI=1S/C15H14N4O3S/c20-12(17-13-9-3-1-2-4-11(9)22-18-13)7-19-8-16-14-10(15(19)21)5-6-23-14/h5-6,8H,1-4,7H2,(H,17,18,20). The maximum atomic E-state index is 12.3. The van der Waals surface area contributed by atoms with Crippen molar-refractivity contribution in [1.82, 2.24) is 14.7 Å². The molecule has 0 bridgehead atoms. The molecule has 0 saturated heterocycles. The average molecular weight is 330 g/mol. The van der Waals surface area contributed by atoms with E-state index >= 15 is 0 Å². The maximum absolute atomic E-state index is 12.3. The van der Waals surface area contributed by atoms with Crippen molar-refractivity contribution < 1.29 is 9.32 Å². The van der Waals surface area contributed by atoms with Crippen molar-refractivity contribution in [2.45, 2.75) is 32.2 Å². The Morgan fingerprint density at radius 1 is 1.39 bits per heavy atom. The molecule has 0 atom stereocenters. The third-order valence-corrected chi connectivity index (χ3v) is 4.79. The Morgan fingerprint density at radius 3 is 3.17 bits per heavy atom. The number of rotatable bonds is 3. The number of aromatic nitrogens is 3. The molecule has 3 aromatic heterocycles. The predicted molar refractivity (Wildman–Crippen MR) is 85.7 cm³/mol. The third-order valence-electron chi connectivity index (χ3n) is 3.97. The first-order chi connectivity index (χ1) is 11.2. The van der Waals surface area contributed by atoms with Crippen LogP contribution in [0.15, 0.2) is 27.1 Å². The summed E-state index contributed by atoms with van der Waals surface area (Å²) >= 11 is 1.40. The highest BCUT2D eigenvalue weighted by Crippen LogP contribution is 2.27. The van der Waals surface area contributed by atoms with Gasteiger partial charge < -0.3 is 9.84 Å². The molecule has 0 spiro atoms. The first-order valence-corrected chi connectivity index (χ1v) is 8.30. The summed E-state index contributed by atoms with van der Waals surface area (Å²) in [5, 5.41) is 9.02. The normalized spacial score (nSPS) is 13.9. The van der Waals surface area contributed by atoms with Gasteiger partial charge in [0.15, 0.2) is 5.82 Å². The highest BCUT2D eigenvalue weighted by Gasteiger charge is 2.21. The summed E-state index contributed by atoms with van der Waals surface area (Å²) in [4.78, 5) is 29.4. The van der Waals surface area contributed by atoms with Crippen LogP contribution in [-0.2, 0) is 24.2 Å². The number of amides is 1. The lowest BCUT2D eigenvalue weighted by Crippen LogP contribution is -2.28. The van der Waals surface area contributed by atoms with Crippen LogP contribution in [0.2, 0.25) is 0 Å². The van der Waals surface area contributed by atoms with Gasteiger partial charge in [-0.3, -0.25) is 14.2 Å². The number of thiophene rings is 1. The molecule has 1 N–H and O–H groups in total. The average Bonchev–Trinajstić information content (AvgIpc) is 3.18. The summed E-state index contributed by atoms with van der Waals surface area (Å²) in [5.41, 5.74) is 0.761. The van der Waals surface area contributed by atoms with E-state index in [4.69, 9.17) is 4.52 Å². The van der Waals surface area contributed by atoms with Gasteiger partial charge in [-0.15, -0.1) is 11.3 Å². The van der Waals surface area contributed by atoms with E-state index in [2.05, 4.69) is 15.5 Å². The second-order valence-corrected chi connectivity index (χ2v) is 6.40. The molecule has 7 nitrogen and oxygen atoms in total. The van der Waals surface area contributed by atoms with Crippen LogP contribution in [0.5, 0.6) is 0 Å². The molecule has 1 amide bonds.